The molecule has 0 saturated carbocycles. The molecule has 0 radical (unpaired) electrons. The van der Waals surface area contributed by atoms with Crippen molar-refractivity contribution in [1.82, 2.24) is 0 Å². The Labute approximate surface area is 116 Å². The van der Waals surface area contributed by atoms with E-state index in [1.165, 1.54) is 0 Å². The third-order valence-corrected chi connectivity index (χ3v) is 3.31. The molecule has 7 heteroatoms. The number of carbonyl (C=O) groups is 3. The monoisotopic (exact) mass is 290 g/mol. The molecule has 108 valence electrons. The molecule has 1 rings (SSSR count). The average molecular weight is 290 g/mol. The van der Waals surface area contributed by atoms with Gasteiger partial charge in [0.25, 0.3) is 0 Å². The Balaban J connectivity index is 2.00. The van der Waals surface area contributed by atoms with Crippen LogP contribution < -0.4 is 0 Å². The number of thioether (sulfide) groups is 1. The molecule has 0 amide bonds. The first-order valence-corrected chi connectivity index (χ1v) is 7.31. The van der Waals surface area contributed by atoms with Crippen LogP contribution in [0.1, 0.15) is 26.2 Å². The lowest BCUT2D eigenvalue weighted by Gasteiger charge is -2.21. The molecule has 1 aliphatic rings. The van der Waals surface area contributed by atoms with Crippen molar-refractivity contribution in [2.24, 2.45) is 0 Å². The molecule has 0 aromatic rings. The molecular weight excluding hydrogens is 272 g/mol. The minimum atomic E-state index is -0.838. The number of unbranched alkanes of at least 4 members (excludes halogenated alkanes) is 1. The summed E-state index contributed by atoms with van der Waals surface area (Å²) in [6.45, 7) is 1.90. The second-order valence-corrected chi connectivity index (χ2v) is 5.16. The van der Waals surface area contributed by atoms with Gasteiger partial charge in [-0.15, -0.1) is 0 Å². The third-order valence-electron chi connectivity index (χ3n) is 2.34. The quantitative estimate of drug-likeness (QED) is 0.392. The highest BCUT2D eigenvalue weighted by Gasteiger charge is 2.18. The van der Waals surface area contributed by atoms with E-state index in [1.807, 2.05) is 0 Å². The molecule has 0 aromatic heterocycles. The van der Waals surface area contributed by atoms with Gasteiger partial charge in [-0.2, -0.15) is 11.8 Å². The summed E-state index contributed by atoms with van der Waals surface area (Å²) in [5, 5.41) is 0. The molecule has 1 atom stereocenters. The Morgan fingerprint density at radius 2 is 2.11 bits per heavy atom. The largest absolute Gasteiger partial charge is 0.460 e. The highest BCUT2D eigenvalue weighted by molar-refractivity contribution is 7.99. The summed E-state index contributed by atoms with van der Waals surface area (Å²) in [5.41, 5.74) is 0. The molecule has 0 aromatic carbocycles. The molecule has 1 saturated heterocycles. The van der Waals surface area contributed by atoms with Crippen LogP contribution in [-0.4, -0.2) is 48.7 Å². The van der Waals surface area contributed by atoms with E-state index in [1.54, 1.807) is 11.8 Å². The van der Waals surface area contributed by atoms with Crippen molar-refractivity contribution in [3.05, 3.63) is 0 Å². The van der Waals surface area contributed by atoms with Crippen molar-refractivity contribution in [2.75, 3.05) is 24.7 Å². The van der Waals surface area contributed by atoms with Gasteiger partial charge in [0.05, 0.1) is 19.0 Å². The van der Waals surface area contributed by atoms with Crippen LogP contribution in [0.25, 0.3) is 0 Å². The minimum Gasteiger partial charge on any atom is -0.460 e. The number of rotatable bonds is 7. The summed E-state index contributed by atoms with van der Waals surface area (Å²) in [4.78, 5) is 32.8. The maximum absolute atomic E-state index is 11.4. The lowest BCUT2D eigenvalue weighted by atomic mass is 10.2. The van der Waals surface area contributed by atoms with E-state index in [0.29, 0.717) is 25.2 Å². The van der Waals surface area contributed by atoms with E-state index in [2.05, 4.69) is 4.74 Å². The maximum Gasteiger partial charge on any atom is 0.374 e. The van der Waals surface area contributed by atoms with E-state index in [4.69, 9.17) is 9.47 Å². The molecule has 0 bridgehead atoms. The number of esters is 2. The van der Waals surface area contributed by atoms with E-state index >= 15 is 0 Å². The summed E-state index contributed by atoms with van der Waals surface area (Å²) in [7, 11) is 0. The Morgan fingerprint density at radius 1 is 1.32 bits per heavy atom. The summed E-state index contributed by atoms with van der Waals surface area (Å²) in [6, 6.07) is 0. The van der Waals surface area contributed by atoms with Crippen LogP contribution in [0.4, 0.5) is 0 Å². The fraction of sp³-hybridized carbons (Fsp3) is 0.750. The van der Waals surface area contributed by atoms with Gasteiger partial charge in [0, 0.05) is 19.1 Å². The van der Waals surface area contributed by atoms with Crippen molar-refractivity contribution in [3.63, 3.8) is 0 Å². The molecule has 1 fully saturated rings. The summed E-state index contributed by atoms with van der Waals surface area (Å²) in [5.74, 6) is -0.177. The number of ketones is 1. The van der Waals surface area contributed by atoms with Crippen LogP contribution in [-0.2, 0) is 28.6 Å². The van der Waals surface area contributed by atoms with E-state index < -0.39 is 18.0 Å². The number of ether oxygens (including phenoxy) is 3. The Kier molecular flexibility index (Phi) is 7.50. The topological polar surface area (TPSA) is 78.9 Å². The predicted molar refractivity (Wildman–Crippen MR) is 68.6 cm³/mol. The molecule has 1 unspecified atom stereocenters. The van der Waals surface area contributed by atoms with Crippen LogP contribution in [0.3, 0.4) is 0 Å². The van der Waals surface area contributed by atoms with Gasteiger partial charge in [0.15, 0.2) is 0 Å². The Morgan fingerprint density at radius 3 is 2.74 bits per heavy atom. The molecule has 1 heterocycles. The third kappa shape index (κ3) is 7.17. The fourth-order valence-electron chi connectivity index (χ4n) is 1.38. The lowest BCUT2D eigenvalue weighted by Crippen LogP contribution is -2.28. The van der Waals surface area contributed by atoms with E-state index in [-0.39, 0.29) is 19.0 Å². The summed E-state index contributed by atoms with van der Waals surface area (Å²) in [6.07, 6.45) is 0.877. The first kappa shape index (κ1) is 16.0. The van der Waals surface area contributed by atoms with Crippen molar-refractivity contribution >= 4 is 29.5 Å². The van der Waals surface area contributed by atoms with Gasteiger partial charge in [0.1, 0.15) is 0 Å². The van der Waals surface area contributed by atoms with Gasteiger partial charge in [-0.3, -0.25) is 9.59 Å². The molecular formula is C12H18O6S. The zero-order valence-corrected chi connectivity index (χ0v) is 11.7. The molecule has 0 aliphatic carbocycles. The SMILES string of the molecule is CC(=O)C(=O)OCCCCC(=O)OC1CSCCO1. The van der Waals surface area contributed by atoms with Gasteiger partial charge in [-0.1, -0.05) is 0 Å². The van der Waals surface area contributed by atoms with Crippen LogP contribution in [0.15, 0.2) is 0 Å². The second-order valence-electron chi connectivity index (χ2n) is 4.01. The van der Waals surface area contributed by atoms with Gasteiger partial charge in [-0.05, 0) is 12.8 Å². The average Bonchev–Trinajstić information content (AvgIpc) is 2.39. The minimum absolute atomic E-state index is 0.140. The zero-order valence-electron chi connectivity index (χ0n) is 10.9. The van der Waals surface area contributed by atoms with E-state index in [0.717, 1.165) is 12.7 Å². The number of hydrogen-bond acceptors (Lipinski definition) is 7. The van der Waals surface area contributed by atoms with Gasteiger partial charge >= 0.3 is 11.9 Å². The molecule has 0 N–H and O–H groups in total. The first-order chi connectivity index (χ1) is 9.09. The lowest BCUT2D eigenvalue weighted by molar-refractivity contribution is -0.173. The smallest absolute Gasteiger partial charge is 0.374 e. The molecule has 6 nitrogen and oxygen atoms in total. The Hall–Kier alpha value is -1.08. The van der Waals surface area contributed by atoms with Crippen LogP contribution in [0.2, 0.25) is 0 Å². The highest BCUT2D eigenvalue weighted by atomic mass is 32.2. The van der Waals surface area contributed by atoms with Gasteiger partial charge in [0.2, 0.25) is 12.1 Å². The normalized spacial score (nSPS) is 18.7. The second kappa shape index (κ2) is 8.92. The molecule has 1 aliphatic heterocycles. The molecule has 19 heavy (non-hydrogen) atoms. The predicted octanol–water partition coefficient (Wildman–Crippen LogP) is 0.922. The van der Waals surface area contributed by atoms with Crippen LogP contribution in [0.5, 0.6) is 0 Å². The summed E-state index contributed by atoms with van der Waals surface area (Å²) < 4.78 is 15.0. The zero-order chi connectivity index (χ0) is 14.1. The van der Waals surface area contributed by atoms with E-state index in [9.17, 15) is 14.4 Å². The number of Topliss-reactive ketones (excluding diaryl/α,β-unsaturated/α-hetero) is 1. The maximum atomic E-state index is 11.4. The Bertz CT molecular complexity index is 324. The fourth-order valence-corrected chi connectivity index (χ4v) is 2.12. The van der Waals surface area contributed by atoms with Gasteiger partial charge < -0.3 is 14.2 Å². The molecule has 0 spiro atoms. The number of carbonyl (C=O) groups excluding carboxylic acids is 3. The standard InChI is InChI=1S/C12H18O6S/c1-9(13)12(15)17-5-3-2-4-10(14)18-11-8-19-7-6-16-11/h11H,2-8H2,1H3. The highest BCUT2D eigenvalue weighted by Crippen LogP contribution is 2.14. The van der Waals surface area contributed by atoms with Crippen LogP contribution in [0, 0.1) is 0 Å². The van der Waals surface area contributed by atoms with Crippen molar-refractivity contribution in [2.45, 2.75) is 32.5 Å². The van der Waals surface area contributed by atoms with Crippen molar-refractivity contribution < 1.29 is 28.6 Å². The first-order valence-electron chi connectivity index (χ1n) is 6.16. The van der Waals surface area contributed by atoms with Crippen molar-refractivity contribution in [3.8, 4) is 0 Å². The van der Waals surface area contributed by atoms with Crippen LogP contribution >= 0.6 is 11.8 Å². The number of hydrogen-bond donors (Lipinski definition) is 0. The van der Waals surface area contributed by atoms with Gasteiger partial charge in [-0.25, -0.2) is 4.79 Å². The summed E-state index contributed by atoms with van der Waals surface area (Å²) >= 11 is 1.69. The van der Waals surface area contributed by atoms with Crippen molar-refractivity contribution in [1.29, 1.82) is 0 Å².